The van der Waals surface area contributed by atoms with Crippen molar-refractivity contribution in [2.75, 3.05) is 0 Å². The number of aromatic amines is 2. The van der Waals surface area contributed by atoms with Crippen LogP contribution in [0.2, 0.25) is 10.0 Å². The lowest BCUT2D eigenvalue weighted by molar-refractivity contribution is 1.52. The minimum Gasteiger partial charge on any atom is -0.354 e. The molecule has 2 nitrogen and oxygen atoms in total. The second kappa shape index (κ2) is 4.19. The third kappa shape index (κ3) is 1.62. The van der Waals surface area contributed by atoms with Crippen LogP contribution in [0.15, 0.2) is 48.5 Å². The molecule has 4 heteroatoms. The van der Waals surface area contributed by atoms with E-state index in [2.05, 4.69) is 22.1 Å². The summed E-state index contributed by atoms with van der Waals surface area (Å²) in [6.45, 7) is 0. The molecule has 0 aliphatic rings. The average molecular weight is 325 g/mol. The number of aromatic nitrogens is 2. The maximum atomic E-state index is 6.15. The molecule has 22 heavy (non-hydrogen) atoms. The lowest BCUT2D eigenvalue weighted by Crippen LogP contribution is -1.70. The highest BCUT2D eigenvalue weighted by molar-refractivity contribution is 6.32. The van der Waals surface area contributed by atoms with Gasteiger partial charge < -0.3 is 9.97 Å². The molecule has 0 bridgehead atoms. The zero-order valence-corrected chi connectivity index (χ0v) is 12.9. The predicted molar refractivity (Wildman–Crippen MR) is 95.2 cm³/mol. The third-order valence-corrected chi connectivity index (χ3v) is 4.71. The van der Waals surface area contributed by atoms with Gasteiger partial charge in [0.15, 0.2) is 0 Å². The smallest absolute Gasteiger partial charge is 0.0486 e. The largest absolute Gasteiger partial charge is 0.354 e. The molecule has 106 valence electrons. The van der Waals surface area contributed by atoms with Gasteiger partial charge in [0.05, 0.1) is 0 Å². The molecule has 0 amide bonds. The van der Waals surface area contributed by atoms with E-state index in [0.717, 1.165) is 42.9 Å². The molecule has 3 aromatic carbocycles. The van der Waals surface area contributed by atoms with Crippen LogP contribution in [0.25, 0.3) is 43.6 Å². The van der Waals surface area contributed by atoms with Crippen molar-refractivity contribution in [1.29, 1.82) is 0 Å². The van der Waals surface area contributed by atoms with E-state index in [1.165, 1.54) is 10.8 Å². The lowest BCUT2D eigenvalue weighted by Gasteiger charge is -1.95. The van der Waals surface area contributed by atoms with Gasteiger partial charge in [-0.25, -0.2) is 0 Å². The quantitative estimate of drug-likeness (QED) is 0.337. The molecule has 0 aliphatic carbocycles. The Morgan fingerprint density at radius 3 is 1.45 bits per heavy atom. The molecule has 5 aromatic rings. The summed E-state index contributed by atoms with van der Waals surface area (Å²) in [5.41, 5.74) is 4.38. The van der Waals surface area contributed by atoms with Crippen molar-refractivity contribution in [2.45, 2.75) is 0 Å². The zero-order valence-electron chi connectivity index (χ0n) is 11.4. The van der Waals surface area contributed by atoms with Gasteiger partial charge in [-0.05, 0) is 48.5 Å². The van der Waals surface area contributed by atoms with Crippen molar-refractivity contribution in [3.05, 3.63) is 58.6 Å². The van der Waals surface area contributed by atoms with Crippen LogP contribution in [-0.2, 0) is 0 Å². The molecule has 0 radical (unpaired) electrons. The molecular weight excluding hydrogens is 315 g/mol. The Hall–Kier alpha value is -2.16. The van der Waals surface area contributed by atoms with Gasteiger partial charge in [0.25, 0.3) is 0 Å². The number of hydrogen-bond donors (Lipinski definition) is 2. The van der Waals surface area contributed by atoms with Gasteiger partial charge in [-0.15, -0.1) is 0 Å². The summed E-state index contributed by atoms with van der Waals surface area (Å²) >= 11 is 12.3. The fourth-order valence-corrected chi connectivity index (χ4v) is 3.58. The molecule has 0 fully saturated rings. The van der Waals surface area contributed by atoms with Crippen LogP contribution in [-0.4, -0.2) is 9.97 Å². The van der Waals surface area contributed by atoms with Crippen molar-refractivity contribution in [3.63, 3.8) is 0 Å². The van der Waals surface area contributed by atoms with E-state index in [0.29, 0.717) is 0 Å². The number of fused-ring (bicyclic) bond motifs is 6. The number of hydrogen-bond acceptors (Lipinski definition) is 0. The SMILES string of the molecule is Clc1ccc2[nH]c3cc4[nH]c5ccc(Cl)cc5c4cc3c2c1. The summed E-state index contributed by atoms with van der Waals surface area (Å²) in [6, 6.07) is 16.2. The van der Waals surface area contributed by atoms with Gasteiger partial charge in [0, 0.05) is 53.7 Å². The van der Waals surface area contributed by atoms with Crippen molar-refractivity contribution < 1.29 is 0 Å². The van der Waals surface area contributed by atoms with Gasteiger partial charge >= 0.3 is 0 Å². The van der Waals surface area contributed by atoms with Crippen molar-refractivity contribution >= 4 is 66.8 Å². The van der Waals surface area contributed by atoms with E-state index in [1.807, 2.05) is 36.4 Å². The molecule has 2 N–H and O–H groups in total. The Kier molecular flexibility index (Phi) is 2.36. The average Bonchev–Trinajstić information content (AvgIpc) is 3.02. The highest BCUT2D eigenvalue weighted by atomic mass is 35.5. The minimum atomic E-state index is 0.746. The molecule has 0 spiro atoms. The lowest BCUT2D eigenvalue weighted by atomic mass is 10.1. The number of nitrogens with one attached hydrogen (secondary N) is 2. The molecule has 0 aliphatic heterocycles. The van der Waals surface area contributed by atoms with Crippen LogP contribution >= 0.6 is 23.2 Å². The second-order valence-electron chi connectivity index (χ2n) is 5.57. The van der Waals surface area contributed by atoms with Gasteiger partial charge in [0.1, 0.15) is 0 Å². The van der Waals surface area contributed by atoms with Crippen LogP contribution in [0.5, 0.6) is 0 Å². The summed E-state index contributed by atoms with van der Waals surface area (Å²) in [5.74, 6) is 0. The molecule has 2 heterocycles. The van der Waals surface area contributed by atoms with Crippen molar-refractivity contribution in [3.8, 4) is 0 Å². The number of rotatable bonds is 0. The topological polar surface area (TPSA) is 31.6 Å². The summed E-state index contributed by atoms with van der Waals surface area (Å²) in [6.07, 6.45) is 0. The minimum absolute atomic E-state index is 0.746. The van der Waals surface area contributed by atoms with E-state index >= 15 is 0 Å². The maximum absolute atomic E-state index is 6.15. The summed E-state index contributed by atoms with van der Waals surface area (Å²) < 4.78 is 0. The van der Waals surface area contributed by atoms with E-state index in [4.69, 9.17) is 23.2 Å². The Morgan fingerprint density at radius 1 is 0.500 bits per heavy atom. The monoisotopic (exact) mass is 324 g/mol. The first-order valence-corrected chi connectivity index (χ1v) is 7.76. The fraction of sp³-hybridized carbons (Fsp3) is 0. The van der Waals surface area contributed by atoms with Crippen molar-refractivity contribution in [1.82, 2.24) is 9.97 Å². The standard InChI is InChI=1S/C18H10Cl2N2/c19-9-1-3-15-11(5-9)13-7-14-12-6-10(20)2-4-16(12)22-18(14)8-17(13)21-15/h1-8,21-22H. The van der Waals surface area contributed by atoms with Gasteiger partial charge in [0.2, 0.25) is 0 Å². The summed E-state index contributed by atoms with van der Waals surface area (Å²) in [5, 5.41) is 6.12. The van der Waals surface area contributed by atoms with E-state index in [9.17, 15) is 0 Å². The summed E-state index contributed by atoms with van der Waals surface area (Å²) in [7, 11) is 0. The van der Waals surface area contributed by atoms with Crippen LogP contribution in [0.4, 0.5) is 0 Å². The molecule has 2 aromatic heterocycles. The van der Waals surface area contributed by atoms with Gasteiger partial charge in [-0.1, -0.05) is 23.2 Å². The number of halogens is 2. The Balaban J connectivity index is 2.00. The van der Waals surface area contributed by atoms with E-state index in [1.54, 1.807) is 0 Å². The molecule has 0 saturated heterocycles. The Morgan fingerprint density at radius 2 is 0.955 bits per heavy atom. The molecule has 0 unspecified atom stereocenters. The fourth-order valence-electron chi connectivity index (χ4n) is 3.24. The highest BCUT2D eigenvalue weighted by Crippen LogP contribution is 2.34. The van der Waals surface area contributed by atoms with Crippen LogP contribution in [0, 0.1) is 0 Å². The first-order valence-electron chi connectivity index (χ1n) is 7.01. The molecule has 0 saturated carbocycles. The highest BCUT2D eigenvalue weighted by Gasteiger charge is 2.10. The van der Waals surface area contributed by atoms with Crippen LogP contribution in [0.1, 0.15) is 0 Å². The van der Waals surface area contributed by atoms with Gasteiger partial charge in [-0.2, -0.15) is 0 Å². The Bertz CT molecular complexity index is 1110. The van der Waals surface area contributed by atoms with Crippen LogP contribution in [0.3, 0.4) is 0 Å². The van der Waals surface area contributed by atoms with Crippen LogP contribution < -0.4 is 0 Å². The summed E-state index contributed by atoms with van der Waals surface area (Å²) in [4.78, 5) is 6.90. The zero-order chi connectivity index (χ0) is 14.8. The van der Waals surface area contributed by atoms with Crippen molar-refractivity contribution in [2.24, 2.45) is 0 Å². The molecular formula is C18H10Cl2N2. The van der Waals surface area contributed by atoms with E-state index < -0.39 is 0 Å². The first kappa shape index (κ1) is 12.4. The number of H-pyrrole nitrogens is 2. The predicted octanol–water partition coefficient (Wildman–Crippen LogP) is 6.26. The molecule has 0 atom stereocenters. The second-order valence-corrected chi connectivity index (χ2v) is 6.45. The number of benzene rings is 3. The first-order chi connectivity index (χ1) is 10.7. The van der Waals surface area contributed by atoms with Gasteiger partial charge in [-0.3, -0.25) is 0 Å². The third-order valence-electron chi connectivity index (χ3n) is 4.24. The Labute approximate surface area is 135 Å². The maximum Gasteiger partial charge on any atom is 0.0486 e. The van der Waals surface area contributed by atoms with E-state index in [-0.39, 0.29) is 0 Å². The molecule has 5 rings (SSSR count). The normalized spacial score (nSPS) is 12.1.